The molecule has 0 bridgehead atoms. The van der Waals surface area contributed by atoms with Crippen LogP contribution in [0.25, 0.3) is 0 Å². The van der Waals surface area contributed by atoms with E-state index in [1.54, 1.807) is 6.07 Å². The number of hydrogen-bond donors (Lipinski definition) is 3. The second-order valence-corrected chi connectivity index (χ2v) is 4.21. The summed E-state index contributed by atoms with van der Waals surface area (Å²) in [6.07, 6.45) is 1.54. The van der Waals surface area contributed by atoms with Crippen LogP contribution >= 0.6 is 0 Å². The molecule has 1 aromatic carbocycles. The normalized spacial score (nSPS) is 10.3. The van der Waals surface area contributed by atoms with Crippen molar-refractivity contribution in [2.24, 2.45) is 0 Å². The Labute approximate surface area is 129 Å². The van der Waals surface area contributed by atoms with Gasteiger partial charge >= 0.3 is 6.61 Å². The van der Waals surface area contributed by atoms with Crippen molar-refractivity contribution in [1.29, 1.82) is 0 Å². The van der Waals surface area contributed by atoms with Crippen molar-refractivity contribution in [3.63, 3.8) is 0 Å². The lowest BCUT2D eigenvalue weighted by Gasteiger charge is -2.14. The van der Waals surface area contributed by atoms with Gasteiger partial charge < -0.3 is 14.5 Å². The zero-order chi connectivity index (χ0) is 16.8. The number of carbonyl (C=O) groups is 2. The zero-order valence-corrected chi connectivity index (χ0v) is 11.9. The van der Waals surface area contributed by atoms with Crippen molar-refractivity contribution in [3.8, 4) is 11.5 Å². The van der Waals surface area contributed by atoms with E-state index in [9.17, 15) is 18.4 Å². The lowest BCUT2D eigenvalue weighted by molar-refractivity contribution is -0.0515. The molecular weight excluding hydrogens is 312 g/mol. The average molecular weight is 325 g/mol. The second kappa shape index (κ2) is 7.25. The molecule has 0 atom stereocenters. The Bertz CT molecular complexity index is 689. The molecule has 122 valence electrons. The number of aromatic nitrogens is 1. The Morgan fingerprint density at radius 3 is 2.48 bits per heavy atom. The zero-order valence-electron chi connectivity index (χ0n) is 11.9. The second-order valence-electron chi connectivity index (χ2n) is 4.21. The number of hydrogen-bond acceptors (Lipinski definition) is 4. The third-order valence-corrected chi connectivity index (χ3v) is 2.78. The molecule has 7 nitrogen and oxygen atoms in total. The van der Waals surface area contributed by atoms with Gasteiger partial charge in [0.25, 0.3) is 11.8 Å². The maximum Gasteiger partial charge on any atom is 0.387 e. The predicted octanol–water partition coefficient (Wildman–Crippen LogP) is 1.70. The summed E-state index contributed by atoms with van der Waals surface area (Å²) in [5, 5.41) is 0. The van der Waals surface area contributed by atoms with Gasteiger partial charge in [-0.3, -0.25) is 20.4 Å². The van der Waals surface area contributed by atoms with Crippen molar-refractivity contribution in [3.05, 3.63) is 47.8 Å². The maximum absolute atomic E-state index is 12.5. The summed E-state index contributed by atoms with van der Waals surface area (Å²) in [7, 11) is 1.25. The topological polar surface area (TPSA) is 92.5 Å². The Morgan fingerprint density at radius 2 is 1.87 bits per heavy atom. The third-order valence-electron chi connectivity index (χ3n) is 2.78. The van der Waals surface area contributed by atoms with Crippen molar-refractivity contribution >= 4 is 11.8 Å². The molecule has 0 radical (unpaired) electrons. The number of para-hydroxylation sites is 1. The van der Waals surface area contributed by atoms with Crippen molar-refractivity contribution in [2.45, 2.75) is 6.61 Å². The first-order chi connectivity index (χ1) is 11.0. The molecule has 0 unspecified atom stereocenters. The van der Waals surface area contributed by atoms with Crippen molar-refractivity contribution < 1.29 is 27.8 Å². The summed E-state index contributed by atoms with van der Waals surface area (Å²) in [6.45, 7) is -3.13. The van der Waals surface area contributed by atoms with Gasteiger partial charge in [0.05, 0.1) is 12.7 Å². The van der Waals surface area contributed by atoms with E-state index in [0.717, 1.165) is 0 Å². The molecule has 1 aromatic heterocycles. The number of methoxy groups -OCH3 is 1. The largest absolute Gasteiger partial charge is 0.493 e. The van der Waals surface area contributed by atoms with E-state index >= 15 is 0 Å². The number of halogens is 2. The van der Waals surface area contributed by atoms with E-state index in [-0.39, 0.29) is 17.0 Å². The highest BCUT2D eigenvalue weighted by molar-refractivity contribution is 6.00. The van der Waals surface area contributed by atoms with Crippen LogP contribution in [0.5, 0.6) is 11.5 Å². The Kier molecular flexibility index (Phi) is 5.13. The molecule has 0 aliphatic heterocycles. The van der Waals surface area contributed by atoms with Crippen LogP contribution in [0.15, 0.2) is 36.5 Å². The fourth-order valence-corrected chi connectivity index (χ4v) is 1.79. The molecule has 0 aliphatic carbocycles. The van der Waals surface area contributed by atoms with Gasteiger partial charge in [0, 0.05) is 6.20 Å². The molecule has 0 aliphatic rings. The first kappa shape index (κ1) is 16.3. The van der Waals surface area contributed by atoms with Gasteiger partial charge in [-0.2, -0.15) is 8.78 Å². The van der Waals surface area contributed by atoms with E-state index in [4.69, 9.17) is 4.74 Å². The number of benzene rings is 1. The Morgan fingerprint density at radius 1 is 1.13 bits per heavy atom. The first-order valence-electron chi connectivity index (χ1n) is 6.38. The number of rotatable bonds is 5. The molecule has 0 spiro atoms. The third kappa shape index (κ3) is 3.96. The number of aromatic amines is 1. The average Bonchev–Trinajstić information content (AvgIpc) is 3.06. The molecule has 23 heavy (non-hydrogen) atoms. The van der Waals surface area contributed by atoms with Crippen LogP contribution in [0, 0.1) is 0 Å². The molecular formula is C14H13F2N3O4. The van der Waals surface area contributed by atoms with Gasteiger partial charge in [0.2, 0.25) is 0 Å². The minimum atomic E-state index is -3.13. The summed E-state index contributed by atoms with van der Waals surface area (Å²) in [6, 6.07) is 7.16. The minimum absolute atomic E-state index is 0.0337. The molecule has 3 N–H and O–H groups in total. The highest BCUT2D eigenvalue weighted by Gasteiger charge is 2.20. The molecule has 0 saturated heterocycles. The van der Waals surface area contributed by atoms with Crippen LogP contribution in [-0.4, -0.2) is 30.5 Å². The number of alkyl halides is 2. The van der Waals surface area contributed by atoms with E-state index in [0.29, 0.717) is 0 Å². The number of hydrazine groups is 1. The Balaban J connectivity index is 2.13. The van der Waals surface area contributed by atoms with Crippen molar-refractivity contribution in [1.82, 2.24) is 15.8 Å². The monoisotopic (exact) mass is 325 g/mol. The van der Waals surface area contributed by atoms with E-state index in [1.165, 1.54) is 37.6 Å². The Hall–Kier alpha value is -3.10. The van der Waals surface area contributed by atoms with Crippen LogP contribution in [0.3, 0.4) is 0 Å². The summed E-state index contributed by atoms with van der Waals surface area (Å²) in [4.78, 5) is 26.4. The molecule has 9 heteroatoms. The number of carbonyl (C=O) groups excluding carboxylic acids is 2. The highest BCUT2D eigenvalue weighted by atomic mass is 19.3. The first-order valence-corrected chi connectivity index (χ1v) is 6.38. The summed E-state index contributed by atoms with van der Waals surface area (Å²) >= 11 is 0. The van der Waals surface area contributed by atoms with E-state index < -0.39 is 24.2 Å². The van der Waals surface area contributed by atoms with Crippen molar-refractivity contribution in [2.75, 3.05) is 7.11 Å². The van der Waals surface area contributed by atoms with Crippen LogP contribution in [-0.2, 0) is 0 Å². The molecule has 0 fully saturated rings. The van der Waals surface area contributed by atoms with Gasteiger partial charge in [-0.15, -0.1) is 0 Å². The van der Waals surface area contributed by atoms with E-state index in [1.807, 2.05) is 0 Å². The molecule has 1 heterocycles. The highest BCUT2D eigenvalue weighted by Crippen LogP contribution is 2.32. The smallest absolute Gasteiger partial charge is 0.387 e. The molecule has 0 saturated carbocycles. The fraction of sp³-hybridized carbons (Fsp3) is 0.143. The summed E-state index contributed by atoms with van der Waals surface area (Å²) < 4.78 is 34.2. The minimum Gasteiger partial charge on any atom is -0.493 e. The maximum atomic E-state index is 12.5. The quantitative estimate of drug-likeness (QED) is 0.730. The van der Waals surface area contributed by atoms with Crippen LogP contribution < -0.4 is 20.3 Å². The van der Waals surface area contributed by atoms with Crippen LogP contribution in [0.1, 0.15) is 20.8 Å². The van der Waals surface area contributed by atoms with Gasteiger partial charge in [0.15, 0.2) is 11.5 Å². The van der Waals surface area contributed by atoms with Gasteiger partial charge in [-0.25, -0.2) is 0 Å². The summed E-state index contributed by atoms with van der Waals surface area (Å²) in [5.41, 5.74) is 4.27. The van der Waals surface area contributed by atoms with Gasteiger partial charge in [0.1, 0.15) is 5.69 Å². The molecule has 2 amide bonds. The van der Waals surface area contributed by atoms with Crippen LogP contribution in [0.4, 0.5) is 8.78 Å². The fourth-order valence-electron chi connectivity index (χ4n) is 1.79. The van der Waals surface area contributed by atoms with E-state index in [2.05, 4.69) is 20.6 Å². The SMILES string of the molecule is COc1cccc(C(=O)NNC(=O)c2ccc[nH]2)c1OC(F)F. The number of nitrogens with one attached hydrogen (secondary N) is 3. The number of H-pyrrole nitrogens is 1. The molecule has 2 rings (SSSR count). The predicted molar refractivity (Wildman–Crippen MR) is 75.4 cm³/mol. The summed E-state index contributed by atoms with van der Waals surface area (Å²) in [5.74, 6) is -1.88. The van der Waals surface area contributed by atoms with Gasteiger partial charge in [-0.05, 0) is 24.3 Å². The lowest BCUT2D eigenvalue weighted by Crippen LogP contribution is -2.42. The molecule has 2 aromatic rings. The number of amides is 2. The standard InChI is InChI=1S/C14H13F2N3O4/c1-22-10-6-2-4-8(11(10)23-14(15)16)12(20)18-19-13(21)9-5-3-7-17-9/h2-7,14,17H,1H3,(H,18,20)(H,19,21). The van der Waals surface area contributed by atoms with Crippen LogP contribution in [0.2, 0.25) is 0 Å². The van der Waals surface area contributed by atoms with Gasteiger partial charge in [-0.1, -0.05) is 6.07 Å². The lowest BCUT2D eigenvalue weighted by atomic mass is 10.1. The number of ether oxygens (including phenoxy) is 2.